The molecule has 2 fully saturated rings. The van der Waals surface area contributed by atoms with Crippen molar-refractivity contribution in [3.8, 4) is 6.07 Å². The van der Waals surface area contributed by atoms with Gasteiger partial charge >= 0.3 is 0 Å². The molecule has 4 rings (SSSR count). The molecule has 1 saturated carbocycles. The highest BCUT2D eigenvalue weighted by atomic mass is 35.5. The van der Waals surface area contributed by atoms with Crippen LogP contribution in [0.4, 0.5) is 14.7 Å². The van der Waals surface area contributed by atoms with E-state index < -0.39 is 42.4 Å². The topological polar surface area (TPSA) is 125 Å². The number of likely N-dealkylation sites (tertiary alicyclic amines) is 1. The van der Waals surface area contributed by atoms with Gasteiger partial charge in [0.05, 0.1) is 12.6 Å². The van der Waals surface area contributed by atoms with Gasteiger partial charge in [-0.2, -0.15) is 5.26 Å². The number of hydrogen-bond donors (Lipinski definition) is 2. The summed E-state index contributed by atoms with van der Waals surface area (Å²) in [6.45, 7) is -0.305. The highest BCUT2D eigenvalue weighted by molar-refractivity contribution is 5.87. The summed E-state index contributed by atoms with van der Waals surface area (Å²) in [4.78, 5) is 24.2. The smallest absolute Gasteiger partial charge is 0.268 e. The molecule has 1 amide bonds. The first-order valence-electron chi connectivity index (χ1n) is 9.13. The van der Waals surface area contributed by atoms with Gasteiger partial charge in [0, 0.05) is 37.5 Å². The monoisotopic (exact) mass is 461 g/mol. The van der Waals surface area contributed by atoms with Crippen LogP contribution >= 0.6 is 24.8 Å². The molecule has 0 radical (unpaired) electrons. The number of nitrogens with two attached hydrogens (primary N) is 2. The number of fused-ring (bicyclic) bond motifs is 2. The number of carbonyl (C=O) groups is 1. The van der Waals surface area contributed by atoms with Crippen molar-refractivity contribution in [2.75, 3.05) is 18.0 Å². The van der Waals surface area contributed by atoms with Gasteiger partial charge in [-0.15, -0.1) is 24.8 Å². The van der Waals surface area contributed by atoms with Crippen molar-refractivity contribution < 1.29 is 13.6 Å². The minimum Gasteiger partial charge on any atom is -0.318 e. The van der Waals surface area contributed by atoms with Crippen LogP contribution in [0.15, 0.2) is 30.2 Å². The zero-order valence-electron chi connectivity index (χ0n) is 15.9. The van der Waals surface area contributed by atoms with Crippen LogP contribution in [0.2, 0.25) is 0 Å². The zero-order valence-corrected chi connectivity index (χ0v) is 17.6. The van der Waals surface area contributed by atoms with Crippen LogP contribution in [-0.4, -0.2) is 51.5 Å². The summed E-state index contributed by atoms with van der Waals surface area (Å²) in [5.41, 5.74) is 11.6. The van der Waals surface area contributed by atoms with Gasteiger partial charge in [-0.25, -0.2) is 18.7 Å². The minimum atomic E-state index is -3.11. The number of halogens is 4. The Morgan fingerprint density at radius 3 is 2.57 bits per heavy atom. The third kappa shape index (κ3) is 4.07. The van der Waals surface area contributed by atoms with Gasteiger partial charge < -0.3 is 21.3 Å². The molecule has 1 saturated heterocycles. The van der Waals surface area contributed by atoms with Crippen LogP contribution in [0.1, 0.15) is 19.3 Å². The maximum Gasteiger partial charge on any atom is 0.268 e. The number of nitriles is 1. The Hall–Kier alpha value is -2.06. The highest BCUT2D eigenvalue weighted by Gasteiger charge is 2.56. The molecule has 1 aliphatic carbocycles. The fourth-order valence-electron chi connectivity index (χ4n) is 4.63. The van der Waals surface area contributed by atoms with Gasteiger partial charge in [-0.05, 0) is 30.4 Å². The summed E-state index contributed by atoms with van der Waals surface area (Å²) in [6, 6.07) is 2.26. The number of nitrogens with zero attached hydrogens (tertiary/aromatic N) is 5. The lowest BCUT2D eigenvalue weighted by atomic mass is 9.79. The minimum absolute atomic E-state index is 0. The Balaban J connectivity index is 0.00000160. The van der Waals surface area contributed by atoms with Crippen LogP contribution in [0.5, 0.6) is 0 Å². The number of aromatic nitrogens is 2. The summed E-state index contributed by atoms with van der Waals surface area (Å²) in [5.74, 6) is -3.89. The lowest BCUT2D eigenvalue weighted by molar-refractivity contribution is -0.140. The van der Waals surface area contributed by atoms with Crippen molar-refractivity contribution in [1.29, 1.82) is 5.26 Å². The van der Waals surface area contributed by atoms with E-state index in [1.807, 2.05) is 11.1 Å². The number of alkyl halides is 2. The van der Waals surface area contributed by atoms with Crippen molar-refractivity contribution >= 4 is 36.7 Å². The Labute approximate surface area is 185 Å². The van der Waals surface area contributed by atoms with E-state index in [0.29, 0.717) is 18.9 Å². The first kappa shape index (κ1) is 24.2. The molecule has 0 aromatic carbocycles. The second kappa shape index (κ2) is 8.59. The Morgan fingerprint density at radius 2 is 1.97 bits per heavy atom. The lowest BCUT2D eigenvalue weighted by Gasteiger charge is -2.41. The van der Waals surface area contributed by atoms with E-state index >= 15 is 0 Å². The number of rotatable bonds is 3. The van der Waals surface area contributed by atoms with E-state index in [4.69, 9.17) is 11.5 Å². The molecule has 2 aliphatic heterocycles. The highest BCUT2D eigenvalue weighted by Crippen LogP contribution is 2.46. The first-order valence-corrected chi connectivity index (χ1v) is 9.13. The van der Waals surface area contributed by atoms with Crippen molar-refractivity contribution in [3.63, 3.8) is 0 Å². The van der Waals surface area contributed by atoms with Gasteiger partial charge in [0.25, 0.3) is 11.8 Å². The second-order valence-electron chi connectivity index (χ2n) is 7.75. The number of anilines is 1. The third-order valence-corrected chi connectivity index (χ3v) is 5.80. The van der Waals surface area contributed by atoms with E-state index in [-0.39, 0.29) is 30.7 Å². The zero-order chi connectivity index (χ0) is 20.1. The maximum atomic E-state index is 13.8. The average Bonchev–Trinajstić information content (AvgIpc) is 3.14. The van der Waals surface area contributed by atoms with Crippen molar-refractivity contribution in [2.45, 2.75) is 36.9 Å². The molecular formula is C18H23Cl2F2N7O. The summed E-state index contributed by atoms with van der Waals surface area (Å²) < 4.78 is 27.5. The molecule has 4 N–H and O–H groups in total. The molecule has 1 aromatic rings. The third-order valence-electron chi connectivity index (χ3n) is 5.80. The molecule has 3 aliphatic rings. The number of carbonyl (C=O) groups excluding carboxylic acids is 1. The van der Waals surface area contributed by atoms with E-state index in [1.165, 1.54) is 0 Å². The Morgan fingerprint density at radius 1 is 1.30 bits per heavy atom. The molecule has 1 aromatic heterocycles. The van der Waals surface area contributed by atoms with E-state index in [0.717, 1.165) is 16.9 Å². The fourth-order valence-corrected chi connectivity index (χ4v) is 4.63. The summed E-state index contributed by atoms with van der Waals surface area (Å²) >= 11 is 0. The maximum absolute atomic E-state index is 13.8. The standard InChI is InChI=1S/C18H21F2N7O.2ClH/c19-17(20)6-13(7-21)27(10-17)15(28)18(22,23)14-11-2-3-12(14)9-26(8-11)16-24-4-1-5-25-16;;/h1,4-5,8,12-14H,2-3,6,9-10,22-23H2;2*1H/t12?,13-,14?;;/m0../s1. The molecule has 0 spiro atoms. The SMILES string of the molecule is Cl.Cl.N#C[C@@H]1CC(F)(F)CN1C(=O)C(N)(N)C1C2=CN(c3ncccn3)CC1CC2. The van der Waals surface area contributed by atoms with Crippen LogP contribution in [-0.2, 0) is 4.79 Å². The van der Waals surface area contributed by atoms with E-state index in [1.54, 1.807) is 24.5 Å². The molecule has 3 atom stereocenters. The predicted molar refractivity (Wildman–Crippen MR) is 110 cm³/mol. The number of amides is 1. The van der Waals surface area contributed by atoms with Crippen LogP contribution in [0, 0.1) is 23.2 Å². The van der Waals surface area contributed by atoms with Crippen molar-refractivity contribution in [1.82, 2.24) is 14.9 Å². The van der Waals surface area contributed by atoms with Gasteiger partial charge in [-0.3, -0.25) is 4.79 Å². The first-order chi connectivity index (χ1) is 13.2. The molecule has 30 heavy (non-hydrogen) atoms. The number of hydrogen-bond acceptors (Lipinski definition) is 7. The summed E-state index contributed by atoms with van der Waals surface area (Å²) in [5, 5.41) is 9.18. The van der Waals surface area contributed by atoms with Crippen molar-refractivity contribution in [3.05, 3.63) is 30.2 Å². The van der Waals surface area contributed by atoms with Crippen LogP contribution in [0.3, 0.4) is 0 Å². The fraction of sp³-hybridized carbons (Fsp3) is 0.556. The molecule has 2 unspecified atom stereocenters. The summed E-state index contributed by atoms with van der Waals surface area (Å²) in [6.07, 6.45) is 5.93. The normalized spacial score (nSPS) is 26.9. The molecule has 164 valence electrons. The molecule has 12 heteroatoms. The lowest BCUT2D eigenvalue weighted by Crippen LogP contribution is -2.68. The molecule has 8 nitrogen and oxygen atoms in total. The second-order valence-corrected chi connectivity index (χ2v) is 7.75. The van der Waals surface area contributed by atoms with Gasteiger partial charge in [-0.1, -0.05) is 0 Å². The van der Waals surface area contributed by atoms with Crippen LogP contribution in [0.25, 0.3) is 0 Å². The molecule has 3 heterocycles. The van der Waals surface area contributed by atoms with Crippen molar-refractivity contribution in [2.24, 2.45) is 23.3 Å². The van der Waals surface area contributed by atoms with Gasteiger partial charge in [0.2, 0.25) is 5.95 Å². The van der Waals surface area contributed by atoms with E-state index in [2.05, 4.69) is 9.97 Å². The molecule has 2 bridgehead atoms. The van der Waals surface area contributed by atoms with Gasteiger partial charge in [0.1, 0.15) is 6.04 Å². The quantitative estimate of drug-likeness (QED) is 0.651. The van der Waals surface area contributed by atoms with Crippen LogP contribution < -0.4 is 16.4 Å². The largest absolute Gasteiger partial charge is 0.318 e. The summed E-state index contributed by atoms with van der Waals surface area (Å²) in [7, 11) is 0. The van der Waals surface area contributed by atoms with Gasteiger partial charge in [0.15, 0.2) is 5.66 Å². The predicted octanol–water partition coefficient (Wildman–Crippen LogP) is 1.42. The van der Waals surface area contributed by atoms with E-state index in [9.17, 15) is 18.8 Å². The average molecular weight is 462 g/mol. The molecular weight excluding hydrogens is 439 g/mol. The Kier molecular flexibility index (Phi) is 6.93. The Bertz CT molecular complexity index is 862.